The highest BCUT2D eigenvalue weighted by Gasteiger charge is 2.43. The van der Waals surface area contributed by atoms with Crippen molar-refractivity contribution in [1.82, 2.24) is 10.1 Å². The van der Waals surface area contributed by atoms with Crippen LogP contribution in [0.3, 0.4) is 0 Å². The Morgan fingerprint density at radius 2 is 1.87 bits per heavy atom. The molecule has 154 valence electrons. The largest absolute Gasteiger partial charge is 0.445 e. The number of aromatic nitrogens is 1. The summed E-state index contributed by atoms with van der Waals surface area (Å²) < 4.78 is 11.0. The van der Waals surface area contributed by atoms with E-state index in [-0.39, 0.29) is 5.91 Å². The second kappa shape index (κ2) is 8.14. The van der Waals surface area contributed by atoms with Crippen LogP contribution in [-0.4, -0.2) is 41.1 Å². The standard InChI is InChI=1S/C24H24N2O4/c1-24(16-18-11-6-7-13-20(18)22(27)29-24)23(28)26(2)14-8-12-19-15-21(25-30-19)17-9-4-3-5-10-17/h3-7,9-11,13,15H,8,12,14,16H2,1-2H3. The van der Waals surface area contributed by atoms with E-state index in [1.165, 1.54) is 0 Å². The van der Waals surface area contributed by atoms with Gasteiger partial charge in [0.1, 0.15) is 11.5 Å². The van der Waals surface area contributed by atoms with Gasteiger partial charge in [0.15, 0.2) is 5.60 Å². The second-order valence-corrected chi connectivity index (χ2v) is 7.83. The van der Waals surface area contributed by atoms with Gasteiger partial charge < -0.3 is 14.2 Å². The van der Waals surface area contributed by atoms with Crippen molar-refractivity contribution < 1.29 is 18.8 Å². The molecule has 0 fully saturated rings. The molecule has 3 aromatic rings. The fraction of sp³-hybridized carbons (Fsp3) is 0.292. The van der Waals surface area contributed by atoms with Gasteiger partial charge in [0.2, 0.25) is 0 Å². The number of esters is 1. The predicted molar refractivity (Wildman–Crippen MR) is 112 cm³/mol. The fourth-order valence-corrected chi connectivity index (χ4v) is 3.82. The molecule has 4 rings (SSSR count). The predicted octanol–water partition coefficient (Wildman–Crippen LogP) is 3.90. The molecule has 6 heteroatoms. The molecule has 30 heavy (non-hydrogen) atoms. The number of nitrogens with zero attached hydrogens (tertiary/aromatic N) is 2. The number of benzene rings is 2. The van der Waals surface area contributed by atoms with Crippen molar-refractivity contribution >= 4 is 11.9 Å². The molecule has 2 heterocycles. The molecule has 0 N–H and O–H groups in total. The maximum absolute atomic E-state index is 13.0. The van der Waals surface area contributed by atoms with E-state index in [1.54, 1.807) is 31.0 Å². The molecule has 1 aromatic heterocycles. The molecule has 1 aliphatic heterocycles. The number of carbonyl (C=O) groups excluding carboxylic acids is 2. The Hall–Kier alpha value is -3.41. The number of ether oxygens (including phenoxy) is 1. The monoisotopic (exact) mass is 404 g/mol. The zero-order valence-corrected chi connectivity index (χ0v) is 17.1. The number of amides is 1. The Labute approximate surface area is 175 Å². The minimum atomic E-state index is -1.19. The smallest absolute Gasteiger partial charge is 0.339 e. The summed E-state index contributed by atoms with van der Waals surface area (Å²) in [6, 6.07) is 19.0. The number of hydrogen-bond acceptors (Lipinski definition) is 5. The molecule has 1 atom stereocenters. The first-order valence-corrected chi connectivity index (χ1v) is 10.0. The maximum Gasteiger partial charge on any atom is 0.339 e. The maximum atomic E-state index is 13.0. The van der Waals surface area contributed by atoms with Crippen LogP contribution in [-0.2, 0) is 22.4 Å². The lowest BCUT2D eigenvalue weighted by Gasteiger charge is -2.35. The van der Waals surface area contributed by atoms with Crippen LogP contribution in [0.2, 0.25) is 0 Å². The summed E-state index contributed by atoms with van der Waals surface area (Å²) in [5.74, 6) is 0.128. The van der Waals surface area contributed by atoms with Crippen LogP contribution in [0.1, 0.15) is 35.0 Å². The molecule has 6 nitrogen and oxygen atoms in total. The first kappa shape index (κ1) is 19.9. The van der Waals surface area contributed by atoms with Crippen LogP contribution in [0, 0.1) is 0 Å². The van der Waals surface area contributed by atoms with Gasteiger partial charge in [0.05, 0.1) is 5.56 Å². The van der Waals surface area contributed by atoms with Gasteiger partial charge in [-0.05, 0) is 25.0 Å². The van der Waals surface area contributed by atoms with Crippen molar-refractivity contribution in [2.45, 2.75) is 31.8 Å². The second-order valence-electron chi connectivity index (χ2n) is 7.83. The van der Waals surface area contributed by atoms with E-state index in [4.69, 9.17) is 9.26 Å². The Bertz CT molecular complexity index is 1060. The quantitative estimate of drug-likeness (QED) is 0.583. The zero-order chi connectivity index (χ0) is 21.1. The third kappa shape index (κ3) is 3.99. The number of hydrogen-bond donors (Lipinski definition) is 0. The van der Waals surface area contributed by atoms with Gasteiger partial charge in [-0.1, -0.05) is 53.7 Å². The van der Waals surface area contributed by atoms with Crippen molar-refractivity contribution in [3.8, 4) is 11.3 Å². The number of fused-ring (bicyclic) bond motifs is 1. The molecule has 0 bridgehead atoms. The van der Waals surface area contributed by atoms with E-state index in [0.717, 1.165) is 22.6 Å². The van der Waals surface area contributed by atoms with Gasteiger partial charge in [-0.25, -0.2) is 4.79 Å². The van der Waals surface area contributed by atoms with E-state index in [1.807, 2.05) is 48.5 Å². The van der Waals surface area contributed by atoms with Crippen molar-refractivity contribution in [2.24, 2.45) is 0 Å². The molecular formula is C24H24N2O4. The summed E-state index contributed by atoms with van der Waals surface area (Å²) in [7, 11) is 1.73. The molecule has 1 amide bonds. The molecule has 1 unspecified atom stereocenters. The van der Waals surface area contributed by atoms with Gasteiger partial charge in [0, 0.05) is 38.1 Å². The van der Waals surface area contributed by atoms with Gasteiger partial charge in [0.25, 0.3) is 5.91 Å². The number of rotatable bonds is 6. The minimum absolute atomic E-state index is 0.201. The molecular weight excluding hydrogens is 380 g/mol. The van der Waals surface area contributed by atoms with Crippen LogP contribution in [0.5, 0.6) is 0 Å². The number of carbonyl (C=O) groups is 2. The summed E-state index contributed by atoms with van der Waals surface area (Å²) in [6.07, 6.45) is 1.75. The van der Waals surface area contributed by atoms with E-state index < -0.39 is 11.6 Å². The van der Waals surface area contributed by atoms with Crippen LogP contribution >= 0.6 is 0 Å². The van der Waals surface area contributed by atoms with Crippen molar-refractivity contribution in [1.29, 1.82) is 0 Å². The van der Waals surface area contributed by atoms with Gasteiger partial charge >= 0.3 is 5.97 Å². The van der Waals surface area contributed by atoms with Crippen molar-refractivity contribution in [2.75, 3.05) is 13.6 Å². The molecule has 0 radical (unpaired) electrons. The van der Waals surface area contributed by atoms with Crippen LogP contribution in [0.4, 0.5) is 0 Å². The first-order valence-electron chi connectivity index (χ1n) is 10.0. The summed E-state index contributed by atoms with van der Waals surface area (Å²) in [6.45, 7) is 2.21. The first-order chi connectivity index (χ1) is 14.5. The average Bonchev–Trinajstić information content (AvgIpc) is 3.22. The lowest BCUT2D eigenvalue weighted by molar-refractivity contribution is -0.149. The number of likely N-dealkylation sites (N-methyl/N-ethyl adjacent to an activating group) is 1. The topological polar surface area (TPSA) is 72.6 Å². The normalized spacial score (nSPS) is 17.9. The fourth-order valence-electron chi connectivity index (χ4n) is 3.82. The Morgan fingerprint density at radius 1 is 1.13 bits per heavy atom. The van der Waals surface area contributed by atoms with Gasteiger partial charge in [-0.2, -0.15) is 0 Å². The minimum Gasteiger partial charge on any atom is -0.445 e. The van der Waals surface area contributed by atoms with Crippen molar-refractivity contribution in [3.05, 3.63) is 77.6 Å². The number of cyclic esters (lactones) is 1. The summed E-state index contributed by atoms with van der Waals surface area (Å²) in [5.41, 5.74) is 1.99. The van der Waals surface area contributed by atoms with Crippen molar-refractivity contribution in [3.63, 3.8) is 0 Å². The zero-order valence-electron chi connectivity index (χ0n) is 17.1. The summed E-state index contributed by atoms with van der Waals surface area (Å²) in [5, 5.41) is 4.12. The lowest BCUT2D eigenvalue weighted by Crippen LogP contribution is -2.52. The SMILES string of the molecule is CN(CCCc1cc(-c2ccccc2)no1)C(=O)C1(C)Cc2ccccc2C(=O)O1. The van der Waals surface area contributed by atoms with Crippen LogP contribution in [0.25, 0.3) is 11.3 Å². The average molecular weight is 404 g/mol. The lowest BCUT2D eigenvalue weighted by atomic mass is 9.89. The van der Waals surface area contributed by atoms with E-state index in [0.29, 0.717) is 31.4 Å². The third-order valence-electron chi connectivity index (χ3n) is 5.43. The third-order valence-corrected chi connectivity index (χ3v) is 5.43. The van der Waals surface area contributed by atoms with Gasteiger partial charge in [-0.3, -0.25) is 4.79 Å². The van der Waals surface area contributed by atoms with E-state index in [2.05, 4.69) is 5.16 Å². The highest BCUT2D eigenvalue weighted by atomic mass is 16.6. The van der Waals surface area contributed by atoms with E-state index >= 15 is 0 Å². The molecule has 0 aliphatic carbocycles. The molecule has 2 aromatic carbocycles. The van der Waals surface area contributed by atoms with Gasteiger partial charge in [-0.15, -0.1) is 0 Å². The van der Waals surface area contributed by atoms with Crippen LogP contribution in [0.15, 0.2) is 65.2 Å². The molecule has 0 saturated carbocycles. The Balaban J connectivity index is 1.34. The molecule has 1 aliphatic rings. The van der Waals surface area contributed by atoms with E-state index in [9.17, 15) is 9.59 Å². The molecule has 0 spiro atoms. The Morgan fingerprint density at radius 3 is 2.67 bits per heavy atom. The molecule has 0 saturated heterocycles. The Kier molecular flexibility index (Phi) is 5.40. The van der Waals surface area contributed by atoms with Crippen LogP contribution < -0.4 is 0 Å². The number of aryl methyl sites for hydroxylation is 1. The summed E-state index contributed by atoms with van der Waals surface area (Å²) in [4.78, 5) is 27.0. The highest BCUT2D eigenvalue weighted by molar-refractivity contribution is 5.97. The highest BCUT2D eigenvalue weighted by Crippen LogP contribution is 2.29. The summed E-state index contributed by atoms with van der Waals surface area (Å²) >= 11 is 0.